The monoisotopic (exact) mass is 328 g/mol. The Morgan fingerprint density at radius 2 is 1.92 bits per heavy atom. The number of esters is 1. The van der Waals surface area contributed by atoms with Crippen molar-refractivity contribution in [3.8, 4) is 5.75 Å². The summed E-state index contributed by atoms with van der Waals surface area (Å²) in [5, 5.41) is 0. The van der Waals surface area contributed by atoms with E-state index in [1.54, 1.807) is 0 Å². The summed E-state index contributed by atoms with van der Waals surface area (Å²) in [6.07, 6.45) is 6.28. The van der Waals surface area contributed by atoms with Gasteiger partial charge in [0, 0.05) is 12.5 Å². The summed E-state index contributed by atoms with van der Waals surface area (Å²) in [4.78, 5) is 11.5. The third kappa shape index (κ3) is 2.68. The second kappa shape index (κ2) is 5.89. The summed E-state index contributed by atoms with van der Waals surface area (Å²) in [5.74, 6) is 1.65. The van der Waals surface area contributed by atoms with Crippen LogP contribution in [-0.4, -0.2) is 5.97 Å². The molecule has 0 saturated heterocycles. The Morgan fingerprint density at radius 3 is 2.54 bits per heavy atom. The van der Waals surface area contributed by atoms with Crippen LogP contribution in [0.25, 0.3) is 0 Å². The third-order valence-corrected chi connectivity index (χ3v) is 6.68. The lowest BCUT2D eigenvalue weighted by Gasteiger charge is -2.54. The lowest BCUT2D eigenvalue weighted by atomic mass is 9.50. The maximum atomic E-state index is 11.5. The molecule has 1 unspecified atom stereocenters. The van der Waals surface area contributed by atoms with Crippen LogP contribution in [0.3, 0.4) is 0 Å². The minimum atomic E-state index is -0.226. The van der Waals surface area contributed by atoms with Crippen molar-refractivity contribution in [2.75, 3.05) is 0 Å². The van der Waals surface area contributed by atoms with Crippen molar-refractivity contribution < 1.29 is 9.53 Å². The quantitative estimate of drug-likeness (QED) is 0.509. The van der Waals surface area contributed by atoms with Crippen LogP contribution in [-0.2, 0) is 16.6 Å². The summed E-state index contributed by atoms with van der Waals surface area (Å²) < 4.78 is 5.54. The molecule has 24 heavy (non-hydrogen) atoms. The predicted octanol–water partition coefficient (Wildman–Crippen LogP) is 5.77. The number of benzene rings is 1. The zero-order valence-electron chi connectivity index (χ0n) is 16.2. The smallest absolute Gasteiger partial charge is 0.308 e. The van der Waals surface area contributed by atoms with Gasteiger partial charge in [-0.15, -0.1) is 0 Å². The molecule has 0 radical (unpaired) electrons. The number of fused-ring (bicyclic) bond motifs is 3. The topological polar surface area (TPSA) is 26.3 Å². The molecule has 3 rings (SSSR count). The number of rotatable bonds is 2. The first-order valence-corrected chi connectivity index (χ1v) is 9.51. The molecule has 1 saturated carbocycles. The van der Waals surface area contributed by atoms with Gasteiger partial charge in [-0.2, -0.15) is 0 Å². The molecule has 0 bridgehead atoms. The molecule has 0 N–H and O–H groups in total. The van der Waals surface area contributed by atoms with E-state index in [0.717, 1.165) is 18.1 Å². The average Bonchev–Trinajstić information content (AvgIpc) is 2.44. The summed E-state index contributed by atoms with van der Waals surface area (Å²) in [5.41, 5.74) is 4.91. The second-order valence-corrected chi connectivity index (χ2v) is 9.10. The highest BCUT2D eigenvalue weighted by Gasteiger charge is 2.50. The molecule has 2 aliphatic rings. The standard InChI is InChI=1S/C22H32O2/c1-14(2)20-16-8-11-19-21(4,5)12-7-13-22(19,6)17(16)9-10-18(20)24-15(3)23/h9-10,14,19H,7-8,11-13H2,1-6H3/t19?,22-/m1/s1. The van der Waals surface area contributed by atoms with Crippen molar-refractivity contribution in [1.82, 2.24) is 0 Å². The average molecular weight is 328 g/mol. The van der Waals surface area contributed by atoms with Crippen LogP contribution in [0.1, 0.15) is 89.8 Å². The molecule has 2 aliphatic carbocycles. The van der Waals surface area contributed by atoms with Gasteiger partial charge in [0.2, 0.25) is 0 Å². The Bertz CT molecular complexity index is 656. The second-order valence-electron chi connectivity index (χ2n) is 9.10. The van der Waals surface area contributed by atoms with Crippen LogP contribution in [0.5, 0.6) is 5.75 Å². The van der Waals surface area contributed by atoms with Crippen molar-refractivity contribution >= 4 is 5.97 Å². The highest BCUT2D eigenvalue weighted by Crippen LogP contribution is 2.58. The molecule has 0 aromatic heterocycles. The van der Waals surface area contributed by atoms with Crippen LogP contribution < -0.4 is 4.74 Å². The molecular formula is C22H32O2. The van der Waals surface area contributed by atoms with Gasteiger partial charge in [0.1, 0.15) is 5.75 Å². The summed E-state index contributed by atoms with van der Waals surface area (Å²) in [6, 6.07) is 4.30. The van der Waals surface area contributed by atoms with E-state index in [-0.39, 0.29) is 11.4 Å². The fourth-order valence-corrected chi connectivity index (χ4v) is 5.77. The molecule has 2 atom stereocenters. The molecule has 0 spiro atoms. The minimum absolute atomic E-state index is 0.226. The SMILES string of the molecule is CC(=O)Oc1ccc2c(c1C(C)C)CCC1C(C)(C)CCC[C@]21C. The maximum absolute atomic E-state index is 11.5. The molecule has 1 aromatic rings. The number of carbonyl (C=O) groups excluding carboxylic acids is 1. The van der Waals surface area contributed by atoms with Crippen LogP contribution in [0, 0.1) is 11.3 Å². The molecule has 1 fully saturated rings. The molecule has 0 aliphatic heterocycles. The molecule has 0 heterocycles. The Balaban J connectivity index is 2.15. The fraction of sp³-hybridized carbons (Fsp3) is 0.682. The number of hydrogen-bond donors (Lipinski definition) is 0. The van der Waals surface area contributed by atoms with Gasteiger partial charge in [-0.05, 0) is 65.5 Å². The van der Waals surface area contributed by atoms with E-state index in [1.807, 2.05) is 6.07 Å². The van der Waals surface area contributed by atoms with Crippen LogP contribution in [0.15, 0.2) is 12.1 Å². The van der Waals surface area contributed by atoms with Gasteiger partial charge in [-0.1, -0.05) is 47.1 Å². The molecule has 132 valence electrons. The van der Waals surface area contributed by atoms with Crippen LogP contribution >= 0.6 is 0 Å². The first kappa shape index (κ1) is 17.5. The molecule has 1 aromatic carbocycles. The van der Waals surface area contributed by atoms with Crippen molar-refractivity contribution in [2.24, 2.45) is 11.3 Å². The lowest BCUT2D eigenvalue weighted by molar-refractivity contribution is -0.131. The van der Waals surface area contributed by atoms with E-state index < -0.39 is 0 Å². The largest absolute Gasteiger partial charge is 0.426 e. The Morgan fingerprint density at radius 1 is 1.21 bits per heavy atom. The normalized spacial score (nSPS) is 28.2. The molecule has 2 heteroatoms. The van der Waals surface area contributed by atoms with E-state index in [2.05, 4.69) is 40.7 Å². The minimum Gasteiger partial charge on any atom is -0.426 e. The summed E-state index contributed by atoms with van der Waals surface area (Å²) in [6.45, 7) is 13.3. The maximum Gasteiger partial charge on any atom is 0.308 e. The van der Waals surface area contributed by atoms with Crippen molar-refractivity contribution in [2.45, 2.75) is 85.0 Å². The zero-order valence-corrected chi connectivity index (χ0v) is 16.2. The van der Waals surface area contributed by atoms with Gasteiger partial charge in [0.25, 0.3) is 0 Å². The van der Waals surface area contributed by atoms with Crippen LogP contribution in [0.2, 0.25) is 0 Å². The van der Waals surface area contributed by atoms with Crippen molar-refractivity contribution in [1.29, 1.82) is 0 Å². The Labute approximate surface area is 147 Å². The van der Waals surface area contributed by atoms with Gasteiger partial charge >= 0.3 is 5.97 Å². The number of hydrogen-bond acceptors (Lipinski definition) is 2. The third-order valence-electron chi connectivity index (χ3n) is 6.68. The van der Waals surface area contributed by atoms with Gasteiger partial charge in [-0.3, -0.25) is 4.79 Å². The zero-order chi connectivity index (χ0) is 17.7. The molecular weight excluding hydrogens is 296 g/mol. The Hall–Kier alpha value is -1.31. The van der Waals surface area contributed by atoms with Crippen molar-refractivity contribution in [3.05, 3.63) is 28.8 Å². The predicted molar refractivity (Wildman–Crippen MR) is 98.6 cm³/mol. The summed E-state index contributed by atoms with van der Waals surface area (Å²) >= 11 is 0. The van der Waals surface area contributed by atoms with Gasteiger partial charge in [-0.25, -0.2) is 0 Å². The molecule has 0 amide bonds. The highest BCUT2D eigenvalue weighted by molar-refractivity contribution is 5.70. The Kier molecular flexibility index (Phi) is 4.30. The van der Waals surface area contributed by atoms with Gasteiger partial charge in [0.05, 0.1) is 0 Å². The van der Waals surface area contributed by atoms with E-state index >= 15 is 0 Å². The first-order chi connectivity index (χ1) is 11.2. The van der Waals surface area contributed by atoms with E-state index in [1.165, 1.54) is 49.3 Å². The lowest BCUT2D eigenvalue weighted by Crippen LogP contribution is -2.48. The molecule has 2 nitrogen and oxygen atoms in total. The van der Waals surface area contributed by atoms with E-state index in [4.69, 9.17) is 4.74 Å². The summed E-state index contributed by atoms with van der Waals surface area (Å²) in [7, 11) is 0. The van der Waals surface area contributed by atoms with Crippen molar-refractivity contribution in [3.63, 3.8) is 0 Å². The van der Waals surface area contributed by atoms with E-state index in [9.17, 15) is 4.79 Å². The number of ether oxygens (including phenoxy) is 1. The van der Waals surface area contributed by atoms with Gasteiger partial charge < -0.3 is 4.74 Å². The van der Waals surface area contributed by atoms with Gasteiger partial charge in [0.15, 0.2) is 0 Å². The van der Waals surface area contributed by atoms with Crippen LogP contribution in [0.4, 0.5) is 0 Å². The highest BCUT2D eigenvalue weighted by atomic mass is 16.5. The fourth-order valence-electron chi connectivity index (χ4n) is 5.77. The first-order valence-electron chi connectivity index (χ1n) is 9.51. The van der Waals surface area contributed by atoms with E-state index in [0.29, 0.717) is 11.3 Å². The number of carbonyl (C=O) groups is 1.